The highest BCUT2D eigenvalue weighted by molar-refractivity contribution is 9.10. The molecule has 1 amide bonds. The first-order chi connectivity index (χ1) is 12.0. The number of nitriles is 1. The summed E-state index contributed by atoms with van der Waals surface area (Å²) in [6.07, 6.45) is 3.04. The second kappa shape index (κ2) is 8.81. The van der Waals surface area contributed by atoms with Crippen molar-refractivity contribution in [3.05, 3.63) is 76.5 Å². The Morgan fingerprint density at radius 3 is 2.76 bits per heavy atom. The van der Waals surface area contributed by atoms with Crippen molar-refractivity contribution >= 4 is 33.6 Å². The lowest BCUT2D eigenvalue weighted by atomic mass is 10.1. The van der Waals surface area contributed by atoms with E-state index in [9.17, 15) is 14.4 Å². The van der Waals surface area contributed by atoms with E-state index in [2.05, 4.69) is 27.8 Å². The van der Waals surface area contributed by atoms with Gasteiger partial charge in [0.15, 0.2) is 0 Å². The fraction of sp³-hybridized carbons (Fsp3) is 0.0526. The molecule has 2 aromatic carbocycles. The van der Waals surface area contributed by atoms with Gasteiger partial charge in [-0.05, 0) is 51.8 Å². The topological polar surface area (TPSA) is 62.1 Å². The Kier molecular flexibility index (Phi) is 6.49. The third kappa shape index (κ3) is 5.03. The smallest absolute Gasteiger partial charge is 0.266 e. The fourth-order valence-corrected chi connectivity index (χ4v) is 2.45. The van der Waals surface area contributed by atoms with Gasteiger partial charge in [0.05, 0.1) is 10.2 Å². The predicted octanol–water partition coefficient (Wildman–Crippen LogP) is 4.70. The zero-order chi connectivity index (χ0) is 18.2. The maximum Gasteiger partial charge on any atom is 0.266 e. The van der Waals surface area contributed by atoms with Crippen LogP contribution in [0.4, 0.5) is 10.1 Å². The quantitative estimate of drug-likeness (QED) is 0.434. The molecule has 0 aliphatic rings. The minimum atomic E-state index is -0.685. The number of para-hydroxylation sites is 1. The van der Waals surface area contributed by atoms with Gasteiger partial charge >= 0.3 is 0 Å². The third-order valence-electron chi connectivity index (χ3n) is 3.11. The summed E-state index contributed by atoms with van der Waals surface area (Å²) in [6, 6.07) is 12.7. The fourth-order valence-electron chi connectivity index (χ4n) is 1.94. The summed E-state index contributed by atoms with van der Waals surface area (Å²) in [5, 5.41) is 11.6. The molecule has 126 valence electrons. The molecule has 0 aromatic heterocycles. The predicted molar refractivity (Wildman–Crippen MR) is 98.5 cm³/mol. The molecule has 0 spiro atoms. The molecule has 2 aromatic rings. The van der Waals surface area contributed by atoms with Crippen LogP contribution in [0.3, 0.4) is 0 Å². The molecular formula is C19H14BrFN2O2. The first-order valence-electron chi connectivity index (χ1n) is 7.26. The van der Waals surface area contributed by atoms with E-state index in [1.165, 1.54) is 24.3 Å². The molecule has 0 fully saturated rings. The van der Waals surface area contributed by atoms with Gasteiger partial charge in [0.25, 0.3) is 5.91 Å². The number of benzene rings is 2. The minimum absolute atomic E-state index is 0.0167. The van der Waals surface area contributed by atoms with E-state index in [4.69, 9.17) is 4.74 Å². The Balaban J connectivity index is 2.21. The summed E-state index contributed by atoms with van der Waals surface area (Å²) in [4.78, 5) is 12.2. The highest BCUT2D eigenvalue weighted by Crippen LogP contribution is 2.27. The molecular weight excluding hydrogens is 387 g/mol. The number of nitrogens with one attached hydrogen (secondary N) is 1. The number of rotatable bonds is 6. The van der Waals surface area contributed by atoms with E-state index in [1.807, 2.05) is 6.07 Å². The summed E-state index contributed by atoms with van der Waals surface area (Å²) in [7, 11) is 0. The third-order valence-corrected chi connectivity index (χ3v) is 3.73. The van der Waals surface area contributed by atoms with Gasteiger partial charge in [-0.1, -0.05) is 30.9 Å². The molecule has 0 unspecified atom stereocenters. The van der Waals surface area contributed by atoms with Crippen LogP contribution in [0.5, 0.6) is 5.75 Å². The van der Waals surface area contributed by atoms with Gasteiger partial charge in [0.2, 0.25) is 0 Å². The Labute approximate surface area is 153 Å². The maximum atomic E-state index is 13.6. The van der Waals surface area contributed by atoms with Crippen LogP contribution in [0.2, 0.25) is 0 Å². The molecule has 0 atom stereocenters. The van der Waals surface area contributed by atoms with Gasteiger partial charge in [-0.25, -0.2) is 4.39 Å². The number of hydrogen-bond donors (Lipinski definition) is 1. The summed E-state index contributed by atoms with van der Waals surface area (Å²) < 4.78 is 19.7. The lowest BCUT2D eigenvalue weighted by Gasteiger charge is -2.07. The van der Waals surface area contributed by atoms with Crippen molar-refractivity contribution in [2.75, 3.05) is 11.9 Å². The molecule has 25 heavy (non-hydrogen) atoms. The Morgan fingerprint density at radius 2 is 2.12 bits per heavy atom. The van der Waals surface area contributed by atoms with E-state index >= 15 is 0 Å². The Hall–Kier alpha value is -2.91. The number of anilines is 1. The van der Waals surface area contributed by atoms with Crippen molar-refractivity contribution in [1.82, 2.24) is 0 Å². The largest absolute Gasteiger partial charge is 0.488 e. The van der Waals surface area contributed by atoms with Crippen LogP contribution in [0.15, 0.2) is 65.2 Å². The van der Waals surface area contributed by atoms with E-state index < -0.39 is 11.7 Å². The normalized spacial score (nSPS) is 10.7. The summed E-state index contributed by atoms with van der Waals surface area (Å²) in [5.74, 6) is -0.637. The van der Waals surface area contributed by atoms with Crippen LogP contribution in [-0.2, 0) is 4.79 Å². The first-order valence-corrected chi connectivity index (χ1v) is 8.05. The minimum Gasteiger partial charge on any atom is -0.488 e. The van der Waals surface area contributed by atoms with E-state index in [0.717, 1.165) is 0 Å². The van der Waals surface area contributed by atoms with Crippen molar-refractivity contribution in [3.63, 3.8) is 0 Å². The zero-order valence-electron chi connectivity index (χ0n) is 13.1. The summed E-state index contributed by atoms with van der Waals surface area (Å²) in [5.41, 5.74) is 0.496. The van der Waals surface area contributed by atoms with Crippen molar-refractivity contribution < 1.29 is 13.9 Å². The van der Waals surface area contributed by atoms with Crippen LogP contribution < -0.4 is 10.1 Å². The number of carbonyl (C=O) groups excluding carboxylic acids is 1. The second-order valence-electron chi connectivity index (χ2n) is 4.89. The van der Waals surface area contributed by atoms with E-state index in [-0.39, 0.29) is 11.3 Å². The first kappa shape index (κ1) is 18.4. The molecule has 0 heterocycles. The van der Waals surface area contributed by atoms with Crippen LogP contribution in [0.25, 0.3) is 6.08 Å². The molecule has 0 saturated carbocycles. The van der Waals surface area contributed by atoms with E-state index in [0.29, 0.717) is 22.4 Å². The van der Waals surface area contributed by atoms with Crippen LogP contribution in [-0.4, -0.2) is 12.5 Å². The molecule has 0 aliphatic carbocycles. The van der Waals surface area contributed by atoms with Gasteiger partial charge < -0.3 is 10.1 Å². The van der Waals surface area contributed by atoms with Gasteiger partial charge in [-0.15, -0.1) is 0 Å². The zero-order valence-corrected chi connectivity index (χ0v) is 14.7. The maximum absolute atomic E-state index is 13.6. The van der Waals surface area contributed by atoms with Crippen LogP contribution >= 0.6 is 15.9 Å². The van der Waals surface area contributed by atoms with Crippen molar-refractivity contribution in [3.8, 4) is 11.8 Å². The number of hydrogen-bond acceptors (Lipinski definition) is 3. The van der Waals surface area contributed by atoms with Gasteiger partial charge in [0.1, 0.15) is 29.8 Å². The lowest BCUT2D eigenvalue weighted by Crippen LogP contribution is -2.14. The molecule has 6 heteroatoms. The number of halogens is 2. The number of nitrogens with zero attached hydrogens (tertiary/aromatic N) is 1. The van der Waals surface area contributed by atoms with Crippen molar-refractivity contribution in [2.45, 2.75) is 0 Å². The molecule has 0 radical (unpaired) electrons. The van der Waals surface area contributed by atoms with Crippen molar-refractivity contribution in [1.29, 1.82) is 5.26 Å². The monoisotopic (exact) mass is 400 g/mol. The average molecular weight is 401 g/mol. The van der Waals surface area contributed by atoms with Crippen LogP contribution in [0.1, 0.15) is 5.56 Å². The molecule has 0 bridgehead atoms. The molecule has 0 saturated heterocycles. The average Bonchev–Trinajstić information content (AvgIpc) is 2.60. The SMILES string of the molecule is C=CCOc1ccc(/C=C(\C#N)C(=O)Nc2ccccc2F)cc1Br. The summed E-state index contributed by atoms with van der Waals surface area (Å²) >= 11 is 3.37. The van der Waals surface area contributed by atoms with Crippen LogP contribution in [0, 0.1) is 17.1 Å². The number of carbonyl (C=O) groups is 1. The molecule has 4 nitrogen and oxygen atoms in total. The Bertz CT molecular complexity index is 872. The highest BCUT2D eigenvalue weighted by atomic mass is 79.9. The van der Waals surface area contributed by atoms with Gasteiger partial charge in [0, 0.05) is 0 Å². The van der Waals surface area contributed by atoms with Gasteiger partial charge in [-0.2, -0.15) is 5.26 Å². The summed E-state index contributed by atoms with van der Waals surface area (Å²) in [6.45, 7) is 3.94. The lowest BCUT2D eigenvalue weighted by molar-refractivity contribution is -0.112. The van der Waals surface area contributed by atoms with Gasteiger partial charge in [-0.3, -0.25) is 4.79 Å². The number of amides is 1. The number of ether oxygens (including phenoxy) is 1. The van der Waals surface area contributed by atoms with E-state index in [1.54, 1.807) is 30.3 Å². The second-order valence-corrected chi connectivity index (χ2v) is 5.75. The van der Waals surface area contributed by atoms with Crippen molar-refractivity contribution in [2.24, 2.45) is 0 Å². The molecule has 0 aliphatic heterocycles. The standard InChI is InChI=1S/C19H14BrFN2O2/c1-2-9-25-18-8-7-13(11-15(18)20)10-14(12-22)19(24)23-17-6-4-3-5-16(17)21/h2-8,10-11H,1,9H2,(H,23,24)/b14-10+. The molecule has 1 N–H and O–H groups in total. The Morgan fingerprint density at radius 1 is 1.36 bits per heavy atom. The molecule has 2 rings (SSSR count). The highest BCUT2D eigenvalue weighted by Gasteiger charge is 2.12.